The maximum Gasteiger partial charge on any atom is 0.407 e. The van der Waals surface area contributed by atoms with Gasteiger partial charge in [0.2, 0.25) is 5.79 Å². The normalized spacial score (nSPS) is 12.3. The van der Waals surface area contributed by atoms with Crippen molar-refractivity contribution in [3.05, 3.63) is 35.9 Å². The van der Waals surface area contributed by atoms with Crippen LogP contribution in [0.5, 0.6) is 0 Å². The fraction of sp³-hybridized carbons (Fsp3) is 0.500. The van der Waals surface area contributed by atoms with E-state index in [1.54, 1.807) is 20.8 Å². The summed E-state index contributed by atoms with van der Waals surface area (Å²) >= 11 is 0. The molecule has 128 valence electrons. The standard InChI is InChI=1S/C16H23NO6/c1-12(10-14(18)22-23-16(2,3)20-4)17-15(19)21-11-13-8-6-5-7-9-13/h5-9,12H,10-11H2,1-4H3,(H,17,19)/t12-/m1/s1. The van der Waals surface area contributed by atoms with Gasteiger partial charge in [0.1, 0.15) is 6.61 Å². The summed E-state index contributed by atoms with van der Waals surface area (Å²) in [5, 5.41) is 2.54. The van der Waals surface area contributed by atoms with E-state index in [1.165, 1.54) is 7.11 Å². The van der Waals surface area contributed by atoms with Crippen molar-refractivity contribution in [2.24, 2.45) is 0 Å². The van der Waals surface area contributed by atoms with Crippen molar-refractivity contribution in [1.29, 1.82) is 0 Å². The Labute approximate surface area is 135 Å². The van der Waals surface area contributed by atoms with E-state index in [1.807, 2.05) is 30.3 Å². The fourth-order valence-electron chi connectivity index (χ4n) is 1.48. The number of amides is 1. The van der Waals surface area contributed by atoms with Crippen molar-refractivity contribution < 1.29 is 28.8 Å². The second kappa shape index (κ2) is 9.12. The number of alkyl carbamates (subject to hydrolysis) is 1. The lowest BCUT2D eigenvalue weighted by atomic mass is 10.2. The minimum absolute atomic E-state index is 0.0553. The summed E-state index contributed by atoms with van der Waals surface area (Å²) in [6.45, 7) is 5.02. The van der Waals surface area contributed by atoms with E-state index in [4.69, 9.17) is 14.4 Å². The Morgan fingerprint density at radius 2 is 1.87 bits per heavy atom. The summed E-state index contributed by atoms with van der Waals surface area (Å²) in [4.78, 5) is 32.7. The monoisotopic (exact) mass is 325 g/mol. The van der Waals surface area contributed by atoms with E-state index < -0.39 is 23.9 Å². The number of benzene rings is 1. The van der Waals surface area contributed by atoms with Crippen LogP contribution in [0, 0.1) is 0 Å². The van der Waals surface area contributed by atoms with Crippen LogP contribution in [0.2, 0.25) is 0 Å². The Morgan fingerprint density at radius 1 is 1.22 bits per heavy atom. The molecule has 0 unspecified atom stereocenters. The highest BCUT2D eigenvalue weighted by molar-refractivity contribution is 5.72. The zero-order valence-electron chi connectivity index (χ0n) is 13.8. The molecule has 0 heterocycles. The van der Waals surface area contributed by atoms with Gasteiger partial charge in [0.05, 0.1) is 6.42 Å². The average molecular weight is 325 g/mol. The first kappa shape index (κ1) is 18.9. The van der Waals surface area contributed by atoms with Crippen molar-refractivity contribution in [1.82, 2.24) is 5.32 Å². The summed E-state index contributed by atoms with van der Waals surface area (Å²) in [7, 11) is 1.43. The van der Waals surface area contributed by atoms with Gasteiger partial charge in [0.25, 0.3) is 0 Å². The van der Waals surface area contributed by atoms with Crippen LogP contribution in [0.15, 0.2) is 30.3 Å². The number of carbonyl (C=O) groups excluding carboxylic acids is 2. The first-order chi connectivity index (χ1) is 10.8. The molecule has 0 radical (unpaired) electrons. The van der Waals surface area contributed by atoms with Gasteiger partial charge in [-0.05, 0) is 26.3 Å². The zero-order valence-corrected chi connectivity index (χ0v) is 13.8. The van der Waals surface area contributed by atoms with E-state index >= 15 is 0 Å². The van der Waals surface area contributed by atoms with Gasteiger partial charge in [-0.3, -0.25) is 4.89 Å². The predicted octanol–water partition coefficient (Wildman–Crippen LogP) is 2.55. The van der Waals surface area contributed by atoms with Crippen LogP contribution in [-0.2, 0) is 30.7 Å². The van der Waals surface area contributed by atoms with Crippen molar-refractivity contribution >= 4 is 12.1 Å². The number of carbonyl (C=O) groups is 2. The predicted molar refractivity (Wildman–Crippen MR) is 82.1 cm³/mol. The second-order valence-corrected chi connectivity index (χ2v) is 5.45. The van der Waals surface area contributed by atoms with Crippen LogP contribution in [0.25, 0.3) is 0 Å². The third kappa shape index (κ3) is 8.18. The third-order valence-electron chi connectivity index (χ3n) is 2.88. The molecular formula is C16H23NO6. The quantitative estimate of drug-likeness (QED) is 0.449. The van der Waals surface area contributed by atoms with Crippen molar-refractivity contribution in [2.75, 3.05) is 7.11 Å². The second-order valence-electron chi connectivity index (χ2n) is 5.45. The molecule has 23 heavy (non-hydrogen) atoms. The molecule has 0 spiro atoms. The number of hydrogen-bond acceptors (Lipinski definition) is 6. The van der Waals surface area contributed by atoms with Crippen LogP contribution in [-0.4, -0.2) is 31.0 Å². The molecule has 1 N–H and O–H groups in total. The first-order valence-electron chi connectivity index (χ1n) is 7.23. The third-order valence-corrected chi connectivity index (χ3v) is 2.88. The number of rotatable bonds is 8. The minimum Gasteiger partial charge on any atom is -0.445 e. The largest absolute Gasteiger partial charge is 0.445 e. The molecule has 0 aliphatic carbocycles. The maximum atomic E-state index is 11.6. The summed E-state index contributed by atoms with van der Waals surface area (Å²) in [5.41, 5.74) is 0.880. The average Bonchev–Trinajstić information content (AvgIpc) is 2.52. The Morgan fingerprint density at radius 3 is 2.48 bits per heavy atom. The van der Waals surface area contributed by atoms with Gasteiger partial charge in [-0.2, -0.15) is 4.89 Å². The van der Waals surface area contributed by atoms with Crippen LogP contribution in [0.3, 0.4) is 0 Å². The minimum atomic E-state index is -1.03. The molecule has 0 saturated heterocycles. The molecule has 0 fully saturated rings. The van der Waals surface area contributed by atoms with E-state index in [-0.39, 0.29) is 13.0 Å². The highest BCUT2D eigenvalue weighted by Gasteiger charge is 2.22. The maximum absolute atomic E-state index is 11.6. The summed E-state index contributed by atoms with van der Waals surface area (Å²) in [6, 6.07) is 8.84. The molecule has 0 saturated carbocycles. The van der Waals surface area contributed by atoms with E-state index in [0.717, 1.165) is 5.56 Å². The van der Waals surface area contributed by atoms with Crippen LogP contribution in [0.4, 0.5) is 4.79 Å². The molecule has 0 aromatic heterocycles. The molecule has 1 aromatic rings. The molecule has 7 heteroatoms. The Kier molecular flexibility index (Phi) is 7.50. The molecule has 1 atom stereocenters. The lowest BCUT2D eigenvalue weighted by molar-refractivity contribution is -0.387. The van der Waals surface area contributed by atoms with Crippen molar-refractivity contribution in [2.45, 2.75) is 45.6 Å². The number of hydrogen-bond donors (Lipinski definition) is 1. The van der Waals surface area contributed by atoms with Gasteiger partial charge >= 0.3 is 12.1 Å². The number of methoxy groups -OCH3 is 1. The Balaban J connectivity index is 2.25. The first-order valence-corrected chi connectivity index (χ1v) is 7.23. The van der Waals surface area contributed by atoms with Crippen molar-refractivity contribution in [3.63, 3.8) is 0 Å². The highest BCUT2D eigenvalue weighted by atomic mass is 17.2. The summed E-state index contributed by atoms with van der Waals surface area (Å²) in [5.74, 6) is -1.65. The molecule has 1 rings (SSSR count). The van der Waals surface area contributed by atoms with Gasteiger partial charge < -0.3 is 14.8 Å². The van der Waals surface area contributed by atoms with E-state index in [0.29, 0.717) is 0 Å². The molecule has 7 nitrogen and oxygen atoms in total. The van der Waals surface area contributed by atoms with Gasteiger partial charge in [-0.15, -0.1) is 0 Å². The number of nitrogens with one attached hydrogen (secondary N) is 1. The molecule has 0 bridgehead atoms. The van der Waals surface area contributed by atoms with Gasteiger partial charge in [-0.1, -0.05) is 30.3 Å². The smallest absolute Gasteiger partial charge is 0.407 e. The molecule has 0 aliphatic heterocycles. The van der Waals surface area contributed by atoms with Crippen LogP contribution >= 0.6 is 0 Å². The fourth-order valence-corrected chi connectivity index (χ4v) is 1.48. The molecule has 1 aromatic carbocycles. The van der Waals surface area contributed by atoms with Crippen LogP contribution < -0.4 is 5.32 Å². The lowest BCUT2D eigenvalue weighted by Crippen LogP contribution is -2.36. The molecule has 1 amide bonds. The van der Waals surface area contributed by atoms with E-state index in [9.17, 15) is 9.59 Å². The number of ether oxygens (including phenoxy) is 2. The zero-order chi connectivity index (χ0) is 17.3. The van der Waals surface area contributed by atoms with Gasteiger partial charge in [0, 0.05) is 13.2 Å². The van der Waals surface area contributed by atoms with Crippen molar-refractivity contribution in [3.8, 4) is 0 Å². The lowest BCUT2D eigenvalue weighted by Gasteiger charge is -2.21. The Hall–Kier alpha value is -2.12. The molecule has 0 aliphatic rings. The molecular weight excluding hydrogens is 302 g/mol. The topological polar surface area (TPSA) is 83.1 Å². The van der Waals surface area contributed by atoms with Crippen LogP contribution in [0.1, 0.15) is 32.8 Å². The highest BCUT2D eigenvalue weighted by Crippen LogP contribution is 2.10. The van der Waals surface area contributed by atoms with E-state index in [2.05, 4.69) is 10.2 Å². The summed E-state index contributed by atoms with van der Waals surface area (Å²) < 4.78 is 10.0. The van der Waals surface area contributed by atoms with Gasteiger partial charge in [-0.25, -0.2) is 9.59 Å². The summed E-state index contributed by atoms with van der Waals surface area (Å²) in [6.07, 6.45) is -0.660. The van der Waals surface area contributed by atoms with Gasteiger partial charge in [0.15, 0.2) is 0 Å². The Bertz CT molecular complexity index is 503. The SMILES string of the molecule is COC(C)(C)OOC(=O)C[C@@H](C)NC(=O)OCc1ccccc1.